The summed E-state index contributed by atoms with van der Waals surface area (Å²) < 4.78 is 50.6. The van der Waals surface area contributed by atoms with Crippen molar-refractivity contribution < 1.29 is 36.8 Å². The van der Waals surface area contributed by atoms with E-state index in [0.29, 0.717) is 28.0 Å². The Morgan fingerprint density at radius 3 is 2.44 bits per heavy atom. The van der Waals surface area contributed by atoms with E-state index in [9.17, 15) is 13.2 Å². The Morgan fingerprint density at radius 2 is 1.77 bits per heavy atom. The van der Waals surface area contributed by atoms with Crippen molar-refractivity contribution >= 4 is 32.7 Å². The lowest BCUT2D eigenvalue weighted by Gasteiger charge is -2.23. The number of nitrogens with one attached hydrogen (secondary N) is 1. The topological polar surface area (TPSA) is 129 Å². The molecule has 11 nitrogen and oxygen atoms in total. The lowest BCUT2D eigenvalue weighted by Crippen LogP contribution is -2.32. The number of hydrogen-bond donors (Lipinski definition) is 1. The molecule has 1 aromatic heterocycles. The molecule has 0 saturated heterocycles. The van der Waals surface area contributed by atoms with Crippen molar-refractivity contribution in [3.8, 4) is 17.2 Å². The molecule has 4 aromatic rings. The largest absolute Gasteiger partial charge is 0.497 e. The molecule has 39 heavy (non-hydrogen) atoms. The number of carbonyl (C=O) groups is 1. The molecule has 0 aliphatic heterocycles. The maximum Gasteiger partial charge on any atom is 0.292 e. The summed E-state index contributed by atoms with van der Waals surface area (Å²) in [6.45, 7) is 1.69. The Morgan fingerprint density at radius 1 is 1.00 bits per heavy atom. The number of hydrogen-bond acceptors (Lipinski definition) is 9. The van der Waals surface area contributed by atoms with E-state index in [4.69, 9.17) is 23.6 Å². The molecule has 1 amide bonds. The molecule has 0 aliphatic carbocycles. The van der Waals surface area contributed by atoms with E-state index in [1.165, 1.54) is 34.4 Å². The first-order chi connectivity index (χ1) is 18.8. The Hall–Kier alpha value is -4.29. The summed E-state index contributed by atoms with van der Waals surface area (Å²) >= 11 is 0. The normalized spacial score (nSPS) is 11.3. The second kappa shape index (κ2) is 11.6. The molecule has 0 saturated carbocycles. The highest BCUT2D eigenvalue weighted by Gasteiger charge is 2.34. The number of aryl methyl sites for hydroxylation is 1. The van der Waals surface area contributed by atoms with Crippen LogP contribution in [-0.4, -0.2) is 47.9 Å². The number of sulfonamides is 1. The minimum absolute atomic E-state index is 0.104. The monoisotopic (exact) mass is 555 g/mol. The second-order valence-electron chi connectivity index (χ2n) is 8.29. The number of aromatic nitrogens is 1. The van der Waals surface area contributed by atoms with Crippen LogP contribution >= 0.6 is 0 Å². The zero-order chi connectivity index (χ0) is 28.2. The van der Waals surface area contributed by atoms with Crippen molar-refractivity contribution in [3.05, 3.63) is 71.3 Å². The Kier molecular flexibility index (Phi) is 8.27. The standard InChI is InChI=1S/C27H29N3O8S/c1-6-17-10-13-22(35-4)24(14-17)39(32,33)30(37-16-18-11-12-19(34-3)15-23(18)36-5)26-20-8-7-9-21(27(31)28-2)25(20)38-29-26/h7-15H,6,16H2,1-5H3,(H,28,31). The number of fused-ring (bicyclic) bond motifs is 1. The van der Waals surface area contributed by atoms with Crippen molar-refractivity contribution in [1.82, 2.24) is 10.5 Å². The van der Waals surface area contributed by atoms with Gasteiger partial charge in [-0.3, -0.25) is 9.63 Å². The number of ether oxygens (including phenoxy) is 3. The number of amides is 1. The Bertz CT molecular complexity index is 1600. The van der Waals surface area contributed by atoms with Gasteiger partial charge in [0.2, 0.25) is 5.82 Å². The van der Waals surface area contributed by atoms with Gasteiger partial charge in [0.05, 0.1) is 32.3 Å². The van der Waals surface area contributed by atoms with Crippen molar-refractivity contribution in [2.45, 2.75) is 24.8 Å². The summed E-state index contributed by atoms with van der Waals surface area (Å²) in [6.07, 6.45) is 0.596. The van der Waals surface area contributed by atoms with E-state index < -0.39 is 15.9 Å². The molecule has 0 bridgehead atoms. The quantitative estimate of drug-likeness (QED) is 0.272. The van der Waals surface area contributed by atoms with Gasteiger partial charge in [0.15, 0.2) is 5.58 Å². The zero-order valence-electron chi connectivity index (χ0n) is 22.2. The third-order valence-corrected chi connectivity index (χ3v) is 7.68. The summed E-state index contributed by atoms with van der Waals surface area (Å²) in [5, 5.41) is 6.81. The van der Waals surface area contributed by atoms with Crippen LogP contribution < -0.4 is 24.0 Å². The molecular weight excluding hydrogens is 526 g/mol. The number of rotatable bonds is 11. The molecule has 1 N–H and O–H groups in total. The van der Waals surface area contributed by atoms with Crippen molar-refractivity contribution in [3.63, 3.8) is 0 Å². The summed E-state index contributed by atoms with van der Waals surface area (Å²) in [5.41, 5.74) is 1.62. The lowest BCUT2D eigenvalue weighted by molar-refractivity contribution is 0.0963. The molecule has 0 spiro atoms. The highest BCUT2D eigenvalue weighted by molar-refractivity contribution is 7.92. The average molecular weight is 556 g/mol. The highest BCUT2D eigenvalue weighted by atomic mass is 32.2. The van der Waals surface area contributed by atoms with Gasteiger partial charge < -0.3 is 24.1 Å². The zero-order valence-corrected chi connectivity index (χ0v) is 23.0. The van der Waals surface area contributed by atoms with Gasteiger partial charge in [-0.15, -0.1) is 4.47 Å². The Balaban J connectivity index is 1.88. The molecule has 0 aliphatic rings. The van der Waals surface area contributed by atoms with Crippen LogP contribution in [-0.2, 0) is 27.9 Å². The molecule has 0 unspecified atom stereocenters. The predicted octanol–water partition coefficient (Wildman–Crippen LogP) is 4.10. The smallest absolute Gasteiger partial charge is 0.292 e. The fraction of sp³-hybridized carbons (Fsp3) is 0.259. The van der Waals surface area contributed by atoms with E-state index in [2.05, 4.69) is 10.5 Å². The first kappa shape index (κ1) is 27.7. The van der Waals surface area contributed by atoms with E-state index in [0.717, 1.165) is 5.56 Å². The number of carbonyl (C=O) groups excluding carboxylic acids is 1. The van der Waals surface area contributed by atoms with E-state index in [-0.39, 0.29) is 39.6 Å². The highest BCUT2D eigenvalue weighted by Crippen LogP contribution is 2.36. The molecule has 4 rings (SSSR count). The molecule has 1 heterocycles. The summed E-state index contributed by atoms with van der Waals surface area (Å²) in [5.74, 6) is 0.544. The van der Waals surface area contributed by atoms with Crippen LogP contribution in [0, 0.1) is 0 Å². The predicted molar refractivity (Wildman–Crippen MR) is 144 cm³/mol. The SMILES string of the molecule is CCc1ccc(OC)c(S(=O)(=O)N(OCc2ccc(OC)cc2OC)c2noc3c(C(=O)NC)cccc23)c1. The van der Waals surface area contributed by atoms with Crippen LogP contribution in [0.2, 0.25) is 0 Å². The summed E-state index contributed by atoms with van der Waals surface area (Å²) in [4.78, 5) is 18.3. The molecule has 12 heteroatoms. The van der Waals surface area contributed by atoms with Gasteiger partial charge >= 0.3 is 0 Å². The third kappa shape index (κ3) is 5.33. The molecule has 206 valence electrons. The first-order valence-electron chi connectivity index (χ1n) is 12.0. The van der Waals surface area contributed by atoms with Crippen LogP contribution in [0.3, 0.4) is 0 Å². The van der Waals surface area contributed by atoms with Gasteiger partial charge in [-0.1, -0.05) is 24.2 Å². The number of anilines is 1. The summed E-state index contributed by atoms with van der Waals surface area (Å²) in [6, 6.07) is 14.7. The van der Waals surface area contributed by atoms with Crippen LogP contribution in [0.25, 0.3) is 11.0 Å². The van der Waals surface area contributed by atoms with Crippen molar-refractivity contribution in [1.29, 1.82) is 0 Å². The molecular formula is C27H29N3O8S. The lowest BCUT2D eigenvalue weighted by atomic mass is 10.1. The Labute approximate surface area is 226 Å². The van der Waals surface area contributed by atoms with Crippen molar-refractivity contribution in [2.24, 2.45) is 0 Å². The van der Waals surface area contributed by atoms with Crippen LogP contribution in [0.5, 0.6) is 17.2 Å². The molecule has 0 radical (unpaired) electrons. The number of para-hydroxylation sites is 1. The van der Waals surface area contributed by atoms with Gasteiger partial charge in [0.1, 0.15) is 28.8 Å². The van der Waals surface area contributed by atoms with Crippen LogP contribution in [0.15, 0.2) is 64.0 Å². The van der Waals surface area contributed by atoms with Gasteiger partial charge in [-0.25, -0.2) is 0 Å². The fourth-order valence-corrected chi connectivity index (χ4v) is 5.41. The summed E-state index contributed by atoms with van der Waals surface area (Å²) in [7, 11) is 1.44. The maximum absolute atomic E-state index is 14.2. The van der Waals surface area contributed by atoms with Crippen LogP contribution in [0.1, 0.15) is 28.4 Å². The number of nitrogens with zero attached hydrogens (tertiary/aromatic N) is 2. The van der Waals surface area contributed by atoms with Gasteiger partial charge in [-0.2, -0.15) is 8.42 Å². The number of methoxy groups -OCH3 is 3. The van der Waals surface area contributed by atoms with Gasteiger partial charge in [-0.05, 0) is 48.4 Å². The van der Waals surface area contributed by atoms with Crippen molar-refractivity contribution in [2.75, 3.05) is 32.8 Å². The van der Waals surface area contributed by atoms with Crippen LogP contribution in [0.4, 0.5) is 5.82 Å². The molecule has 0 atom stereocenters. The minimum Gasteiger partial charge on any atom is -0.497 e. The third-order valence-electron chi connectivity index (χ3n) is 6.09. The number of benzene rings is 3. The fourth-order valence-electron chi connectivity index (χ4n) is 3.97. The maximum atomic E-state index is 14.2. The van der Waals surface area contributed by atoms with E-state index in [1.54, 1.807) is 48.5 Å². The second-order valence-corrected chi connectivity index (χ2v) is 10.0. The first-order valence-corrected chi connectivity index (χ1v) is 13.4. The van der Waals surface area contributed by atoms with E-state index in [1.807, 2.05) is 6.92 Å². The molecule has 0 fully saturated rings. The molecule has 3 aromatic carbocycles. The van der Waals surface area contributed by atoms with Gasteiger partial charge in [0, 0.05) is 18.7 Å². The van der Waals surface area contributed by atoms with Gasteiger partial charge in [0.25, 0.3) is 15.9 Å². The average Bonchev–Trinajstić information content (AvgIpc) is 3.40. The minimum atomic E-state index is -4.43. The van der Waals surface area contributed by atoms with E-state index >= 15 is 0 Å².